The molecule has 1 heterocycles. The minimum absolute atomic E-state index is 0.289. The van der Waals surface area contributed by atoms with Gasteiger partial charge in [-0.1, -0.05) is 35.9 Å². The predicted molar refractivity (Wildman–Crippen MR) is 89.8 cm³/mol. The zero-order valence-electron chi connectivity index (χ0n) is 12.7. The van der Waals surface area contributed by atoms with Crippen molar-refractivity contribution in [1.29, 1.82) is 0 Å². The van der Waals surface area contributed by atoms with Gasteiger partial charge >= 0.3 is 0 Å². The van der Waals surface area contributed by atoms with Crippen molar-refractivity contribution in [2.45, 2.75) is 20.8 Å². The summed E-state index contributed by atoms with van der Waals surface area (Å²) in [5.74, 6) is 0.0276. The number of para-hydroxylation sites is 1. The Morgan fingerprint density at radius 2 is 1.86 bits per heavy atom. The molecule has 0 bridgehead atoms. The molecule has 2 aromatic carbocycles. The molecule has 0 fully saturated rings. The Bertz CT molecular complexity index is 857. The molecule has 1 aromatic heterocycles. The summed E-state index contributed by atoms with van der Waals surface area (Å²) in [6.45, 7) is 5.76. The van der Waals surface area contributed by atoms with Crippen LogP contribution in [0.4, 0.5) is 5.69 Å². The Hall–Kier alpha value is -2.26. The molecule has 112 valence electrons. The van der Waals surface area contributed by atoms with E-state index in [1.54, 1.807) is 0 Å². The fourth-order valence-corrected chi connectivity index (χ4v) is 3.00. The second-order valence-corrected chi connectivity index (χ2v) is 5.85. The number of nitrogens with one attached hydrogen (secondary N) is 1. The summed E-state index contributed by atoms with van der Waals surface area (Å²) in [7, 11) is 0. The molecule has 3 rings (SSSR count). The van der Waals surface area contributed by atoms with E-state index in [0.717, 1.165) is 22.1 Å². The first kappa shape index (κ1) is 14.7. The van der Waals surface area contributed by atoms with Crippen molar-refractivity contribution in [3.05, 3.63) is 63.9 Å². The van der Waals surface area contributed by atoms with Crippen LogP contribution in [-0.2, 0) is 0 Å². The van der Waals surface area contributed by atoms with Gasteiger partial charge in [-0.2, -0.15) is 0 Å². The van der Waals surface area contributed by atoms with Crippen LogP contribution in [0.3, 0.4) is 0 Å². The highest BCUT2D eigenvalue weighted by atomic mass is 35.5. The molecule has 0 saturated heterocycles. The Morgan fingerprint density at radius 3 is 2.55 bits per heavy atom. The van der Waals surface area contributed by atoms with Crippen molar-refractivity contribution >= 4 is 34.2 Å². The third-order valence-corrected chi connectivity index (χ3v) is 4.02. The van der Waals surface area contributed by atoms with Crippen molar-refractivity contribution in [3.63, 3.8) is 0 Å². The van der Waals surface area contributed by atoms with Crippen LogP contribution in [0.5, 0.6) is 0 Å². The van der Waals surface area contributed by atoms with E-state index in [0.29, 0.717) is 22.1 Å². The quantitative estimate of drug-likeness (QED) is 0.701. The standard InChI is InChI=1S/C18H16ClNO2/c1-10-8-11(2)16(14(19)9-10)20-18(21)17-12(3)13-6-4-5-7-15(13)22-17/h4-9H,1-3H3,(H,20,21). The largest absolute Gasteiger partial charge is 0.451 e. The molecule has 3 aromatic rings. The topological polar surface area (TPSA) is 42.2 Å². The fraction of sp³-hybridized carbons (Fsp3) is 0.167. The number of anilines is 1. The highest BCUT2D eigenvalue weighted by Gasteiger charge is 2.19. The van der Waals surface area contributed by atoms with Crippen LogP contribution in [0, 0.1) is 20.8 Å². The van der Waals surface area contributed by atoms with Gasteiger partial charge in [-0.3, -0.25) is 4.79 Å². The Balaban J connectivity index is 1.99. The number of carbonyl (C=O) groups is 1. The summed E-state index contributed by atoms with van der Waals surface area (Å²) in [5.41, 5.74) is 4.13. The third kappa shape index (κ3) is 2.48. The van der Waals surface area contributed by atoms with E-state index in [-0.39, 0.29) is 5.91 Å². The van der Waals surface area contributed by atoms with Crippen molar-refractivity contribution in [2.24, 2.45) is 0 Å². The van der Waals surface area contributed by atoms with E-state index in [9.17, 15) is 4.79 Å². The minimum atomic E-state index is -0.289. The van der Waals surface area contributed by atoms with Gasteiger partial charge in [-0.25, -0.2) is 0 Å². The highest BCUT2D eigenvalue weighted by Crippen LogP contribution is 2.30. The monoisotopic (exact) mass is 313 g/mol. The van der Waals surface area contributed by atoms with Gasteiger partial charge in [0.15, 0.2) is 5.76 Å². The SMILES string of the molecule is Cc1cc(C)c(NC(=O)c2oc3ccccc3c2C)c(Cl)c1. The molecule has 1 N–H and O–H groups in total. The van der Waals surface area contributed by atoms with Gasteiger partial charge in [0.2, 0.25) is 0 Å². The summed E-state index contributed by atoms with van der Waals surface area (Å²) >= 11 is 6.24. The average Bonchev–Trinajstić information content (AvgIpc) is 2.80. The van der Waals surface area contributed by atoms with E-state index >= 15 is 0 Å². The molecule has 0 aliphatic carbocycles. The normalized spacial score (nSPS) is 10.9. The lowest BCUT2D eigenvalue weighted by atomic mass is 10.1. The summed E-state index contributed by atoms with van der Waals surface area (Å²) in [6.07, 6.45) is 0. The molecular formula is C18H16ClNO2. The van der Waals surface area contributed by atoms with Gasteiger partial charge in [0.05, 0.1) is 10.7 Å². The molecule has 0 spiro atoms. The number of halogens is 1. The maximum absolute atomic E-state index is 12.5. The molecular weight excluding hydrogens is 298 g/mol. The first-order valence-electron chi connectivity index (χ1n) is 7.03. The van der Waals surface area contributed by atoms with Crippen molar-refractivity contribution in [2.75, 3.05) is 5.32 Å². The van der Waals surface area contributed by atoms with Crippen LogP contribution >= 0.6 is 11.6 Å². The molecule has 0 aliphatic rings. The molecule has 0 saturated carbocycles. The van der Waals surface area contributed by atoms with Gasteiger partial charge in [0.25, 0.3) is 5.91 Å². The maximum atomic E-state index is 12.5. The highest BCUT2D eigenvalue weighted by molar-refractivity contribution is 6.34. The Kier molecular flexibility index (Phi) is 3.67. The number of furan rings is 1. The molecule has 1 amide bonds. The first-order chi connectivity index (χ1) is 10.5. The zero-order chi connectivity index (χ0) is 15.9. The van der Waals surface area contributed by atoms with Crippen molar-refractivity contribution < 1.29 is 9.21 Å². The minimum Gasteiger partial charge on any atom is -0.451 e. The Morgan fingerprint density at radius 1 is 1.14 bits per heavy atom. The van der Waals surface area contributed by atoms with Gasteiger partial charge in [0.1, 0.15) is 5.58 Å². The molecule has 0 unspecified atom stereocenters. The third-order valence-electron chi connectivity index (χ3n) is 3.72. The first-order valence-corrected chi connectivity index (χ1v) is 7.41. The molecule has 4 heteroatoms. The number of amides is 1. The van der Waals surface area contributed by atoms with E-state index in [2.05, 4.69) is 5.32 Å². The summed E-state index contributed by atoms with van der Waals surface area (Å²) in [6, 6.07) is 11.4. The van der Waals surface area contributed by atoms with E-state index < -0.39 is 0 Å². The number of fused-ring (bicyclic) bond motifs is 1. The van der Waals surface area contributed by atoms with Crippen LogP contribution < -0.4 is 5.32 Å². The van der Waals surface area contributed by atoms with E-state index in [1.165, 1.54) is 0 Å². The summed E-state index contributed by atoms with van der Waals surface area (Å²) in [5, 5.41) is 4.33. The number of carbonyl (C=O) groups excluding carboxylic acids is 1. The number of rotatable bonds is 2. The lowest BCUT2D eigenvalue weighted by Gasteiger charge is -2.10. The van der Waals surface area contributed by atoms with Crippen LogP contribution in [0.2, 0.25) is 5.02 Å². The van der Waals surface area contributed by atoms with Crippen LogP contribution in [0.1, 0.15) is 27.2 Å². The number of hydrogen-bond donors (Lipinski definition) is 1. The van der Waals surface area contributed by atoms with Crippen LogP contribution in [0.15, 0.2) is 40.8 Å². The lowest BCUT2D eigenvalue weighted by molar-refractivity contribution is 0.0998. The molecule has 0 atom stereocenters. The number of aryl methyl sites for hydroxylation is 3. The maximum Gasteiger partial charge on any atom is 0.291 e. The van der Waals surface area contributed by atoms with Gasteiger partial charge in [-0.05, 0) is 44.0 Å². The zero-order valence-corrected chi connectivity index (χ0v) is 13.4. The number of hydrogen-bond acceptors (Lipinski definition) is 2. The molecule has 3 nitrogen and oxygen atoms in total. The Labute approximate surface area is 133 Å². The summed E-state index contributed by atoms with van der Waals surface area (Å²) in [4.78, 5) is 12.5. The average molecular weight is 314 g/mol. The predicted octanol–water partition coefficient (Wildman–Crippen LogP) is 5.26. The smallest absolute Gasteiger partial charge is 0.291 e. The van der Waals surface area contributed by atoms with Gasteiger partial charge < -0.3 is 9.73 Å². The fourth-order valence-electron chi connectivity index (χ4n) is 2.64. The van der Waals surface area contributed by atoms with Crippen LogP contribution in [0.25, 0.3) is 11.0 Å². The van der Waals surface area contributed by atoms with Crippen LogP contribution in [-0.4, -0.2) is 5.91 Å². The second-order valence-electron chi connectivity index (χ2n) is 5.45. The molecule has 0 aliphatic heterocycles. The summed E-state index contributed by atoms with van der Waals surface area (Å²) < 4.78 is 5.68. The van der Waals surface area contributed by atoms with E-state index in [1.807, 2.05) is 57.2 Å². The van der Waals surface area contributed by atoms with Gasteiger partial charge in [0, 0.05) is 10.9 Å². The van der Waals surface area contributed by atoms with Crippen molar-refractivity contribution in [1.82, 2.24) is 0 Å². The van der Waals surface area contributed by atoms with Crippen molar-refractivity contribution in [3.8, 4) is 0 Å². The molecule has 22 heavy (non-hydrogen) atoms. The van der Waals surface area contributed by atoms with Gasteiger partial charge in [-0.15, -0.1) is 0 Å². The second kappa shape index (κ2) is 5.50. The van der Waals surface area contributed by atoms with E-state index in [4.69, 9.17) is 16.0 Å². The lowest BCUT2D eigenvalue weighted by Crippen LogP contribution is -2.13. The molecule has 0 radical (unpaired) electrons. The number of benzene rings is 2.